The Morgan fingerprint density at radius 1 is 1.18 bits per heavy atom. The van der Waals surface area contributed by atoms with Crippen LogP contribution in [0.2, 0.25) is 10.0 Å². The zero-order chi connectivity index (χ0) is 23.9. The smallest absolute Gasteiger partial charge is 0.263 e. The molecule has 170 valence electrons. The number of carbonyl (C=O) groups is 2. The first-order valence-electron chi connectivity index (χ1n) is 10.0. The number of hydrogen-bond donors (Lipinski definition) is 0. The second-order valence-electron chi connectivity index (χ2n) is 8.15. The molecule has 0 saturated carbocycles. The molecule has 2 aromatic carbocycles. The molecule has 0 spiro atoms. The summed E-state index contributed by atoms with van der Waals surface area (Å²) in [7, 11) is 1.45. The van der Waals surface area contributed by atoms with E-state index in [1.54, 1.807) is 29.2 Å². The predicted octanol–water partition coefficient (Wildman–Crippen LogP) is 5.83. The van der Waals surface area contributed by atoms with Gasteiger partial charge in [0, 0.05) is 35.0 Å². The highest BCUT2D eigenvalue weighted by atomic mass is 35.5. The fourth-order valence-electron chi connectivity index (χ4n) is 3.81. The number of rotatable bonds is 5. The van der Waals surface area contributed by atoms with Crippen LogP contribution < -0.4 is 9.80 Å². The molecule has 5 nitrogen and oxygen atoms in total. The van der Waals surface area contributed by atoms with Gasteiger partial charge in [0.2, 0.25) is 0 Å². The summed E-state index contributed by atoms with van der Waals surface area (Å²) >= 11 is 12.4. The lowest BCUT2D eigenvalue weighted by Gasteiger charge is -2.44. The summed E-state index contributed by atoms with van der Waals surface area (Å²) in [5, 5.41) is 0.380. The molecule has 1 fully saturated rings. The van der Waals surface area contributed by atoms with Crippen LogP contribution in [-0.4, -0.2) is 43.0 Å². The minimum atomic E-state index is -1.39. The first kappa shape index (κ1) is 23.1. The number of amides is 1. The molecule has 0 N–H and O–H groups in total. The van der Waals surface area contributed by atoms with Gasteiger partial charge in [-0.3, -0.25) is 14.5 Å². The normalized spacial score (nSPS) is 14.5. The molecule has 1 amide bonds. The van der Waals surface area contributed by atoms with Gasteiger partial charge in [-0.1, -0.05) is 35.3 Å². The summed E-state index contributed by atoms with van der Waals surface area (Å²) in [5.74, 6) is -1.24. The minimum Gasteiger partial charge on any atom is -0.362 e. The Labute approximate surface area is 199 Å². The molecule has 9 heteroatoms. The van der Waals surface area contributed by atoms with E-state index in [0.717, 1.165) is 6.07 Å². The van der Waals surface area contributed by atoms with Crippen molar-refractivity contribution in [3.8, 4) is 11.1 Å². The lowest BCUT2D eigenvalue weighted by Crippen LogP contribution is -2.57. The Bertz CT molecular complexity index is 1240. The maximum absolute atomic E-state index is 14.4. The van der Waals surface area contributed by atoms with Crippen molar-refractivity contribution in [2.24, 2.45) is 0 Å². The molecular formula is C24H19Cl2F2N3O2. The first-order chi connectivity index (χ1) is 15.6. The van der Waals surface area contributed by atoms with Crippen LogP contribution in [0.4, 0.5) is 20.3 Å². The maximum atomic E-state index is 14.4. The van der Waals surface area contributed by atoms with E-state index >= 15 is 0 Å². The lowest BCUT2D eigenvalue weighted by atomic mass is 9.97. The molecule has 4 rings (SSSR count). The third-order valence-corrected chi connectivity index (χ3v) is 6.11. The van der Waals surface area contributed by atoms with Gasteiger partial charge in [-0.25, -0.2) is 13.8 Å². The van der Waals surface area contributed by atoms with Crippen molar-refractivity contribution in [3.05, 3.63) is 75.7 Å². The van der Waals surface area contributed by atoms with E-state index in [9.17, 15) is 18.4 Å². The molecular weight excluding hydrogens is 471 g/mol. The molecule has 0 aliphatic carbocycles. The van der Waals surface area contributed by atoms with Gasteiger partial charge in [0.15, 0.2) is 5.82 Å². The van der Waals surface area contributed by atoms with Crippen molar-refractivity contribution >= 4 is 46.9 Å². The Morgan fingerprint density at radius 2 is 1.91 bits per heavy atom. The number of anilines is 2. The Morgan fingerprint density at radius 3 is 2.55 bits per heavy atom. The Balaban J connectivity index is 1.80. The zero-order valence-corrected chi connectivity index (χ0v) is 19.3. The molecule has 0 atom stereocenters. The minimum absolute atomic E-state index is 0.0252. The van der Waals surface area contributed by atoms with E-state index in [2.05, 4.69) is 4.98 Å². The van der Waals surface area contributed by atoms with Crippen molar-refractivity contribution < 1.29 is 18.4 Å². The quantitative estimate of drug-likeness (QED) is 0.423. The van der Waals surface area contributed by atoms with E-state index in [-0.39, 0.29) is 29.5 Å². The SMILES string of the molecule is CN(C(=O)c1c(F)cccc1Cl)c1ncc(-c2cc(C=O)ccc2Cl)cc1N1CC(C)(F)C1. The summed E-state index contributed by atoms with van der Waals surface area (Å²) in [6, 6.07) is 10.5. The van der Waals surface area contributed by atoms with Crippen LogP contribution in [0.25, 0.3) is 11.1 Å². The number of benzene rings is 2. The van der Waals surface area contributed by atoms with Crippen molar-refractivity contribution in [2.75, 3.05) is 29.9 Å². The number of alkyl halides is 1. The molecule has 1 aliphatic heterocycles. The second kappa shape index (κ2) is 8.72. The summed E-state index contributed by atoms with van der Waals surface area (Å²) < 4.78 is 28.7. The molecule has 0 bridgehead atoms. The second-order valence-corrected chi connectivity index (χ2v) is 8.97. The molecule has 1 aliphatic rings. The predicted molar refractivity (Wildman–Crippen MR) is 126 cm³/mol. The Kier molecular flexibility index (Phi) is 6.12. The number of hydrogen-bond acceptors (Lipinski definition) is 4. The van der Waals surface area contributed by atoms with Crippen LogP contribution in [0, 0.1) is 5.82 Å². The molecule has 0 unspecified atom stereocenters. The molecule has 3 aromatic rings. The molecule has 0 radical (unpaired) electrons. The summed E-state index contributed by atoms with van der Waals surface area (Å²) in [5.41, 5.74) is 0.384. The monoisotopic (exact) mass is 489 g/mol. The van der Waals surface area contributed by atoms with Crippen LogP contribution in [0.5, 0.6) is 0 Å². The fraction of sp³-hybridized carbons (Fsp3) is 0.208. The topological polar surface area (TPSA) is 53.5 Å². The van der Waals surface area contributed by atoms with E-state index in [0.29, 0.717) is 33.7 Å². The van der Waals surface area contributed by atoms with Gasteiger partial charge in [0.05, 0.1) is 29.4 Å². The average Bonchev–Trinajstić information content (AvgIpc) is 2.76. The molecule has 33 heavy (non-hydrogen) atoms. The zero-order valence-electron chi connectivity index (χ0n) is 17.8. The molecule has 1 aromatic heterocycles. The highest BCUT2D eigenvalue weighted by Gasteiger charge is 2.41. The number of pyridine rings is 1. The van der Waals surface area contributed by atoms with E-state index < -0.39 is 17.4 Å². The third-order valence-electron chi connectivity index (χ3n) is 5.47. The van der Waals surface area contributed by atoms with Gasteiger partial charge < -0.3 is 4.90 Å². The molecule has 1 saturated heterocycles. The lowest BCUT2D eigenvalue weighted by molar-refractivity contribution is 0.0988. The van der Waals surface area contributed by atoms with Crippen LogP contribution in [0.15, 0.2) is 48.7 Å². The van der Waals surface area contributed by atoms with Gasteiger partial charge in [0.1, 0.15) is 17.8 Å². The van der Waals surface area contributed by atoms with Crippen molar-refractivity contribution in [1.82, 2.24) is 4.98 Å². The average molecular weight is 490 g/mol. The Hall–Kier alpha value is -3.03. The van der Waals surface area contributed by atoms with Gasteiger partial charge in [-0.05, 0) is 37.3 Å². The highest BCUT2D eigenvalue weighted by Crippen LogP contribution is 2.40. The first-order valence-corrected chi connectivity index (χ1v) is 10.8. The van der Waals surface area contributed by atoms with Gasteiger partial charge in [-0.15, -0.1) is 0 Å². The number of aromatic nitrogens is 1. The van der Waals surface area contributed by atoms with E-state index in [4.69, 9.17) is 23.2 Å². The van der Waals surface area contributed by atoms with Crippen molar-refractivity contribution in [1.29, 1.82) is 0 Å². The van der Waals surface area contributed by atoms with E-state index in [1.165, 1.54) is 37.2 Å². The largest absolute Gasteiger partial charge is 0.362 e. The van der Waals surface area contributed by atoms with Crippen LogP contribution in [0.3, 0.4) is 0 Å². The van der Waals surface area contributed by atoms with Crippen LogP contribution in [-0.2, 0) is 0 Å². The summed E-state index contributed by atoms with van der Waals surface area (Å²) in [6.07, 6.45) is 2.20. The molecule has 2 heterocycles. The van der Waals surface area contributed by atoms with Crippen LogP contribution >= 0.6 is 23.2 Å². The third kappa shape index (κ3) is 4.43. The van der Waals surface area contributed by atoms with Gasteiger partial charge in [-0.2, -0.15) is 0 Å². The van der Waals surface area contributed by atoms with Crippen LogP contribution in [0.1, 0.15) is 27.6 Å². The van der Waals surface area contributed by atoms with Crippen molar-refractivity contribution in [2.45, 2.75) is 12.6 Å². The van der Waals surface area contributed by atoms with Gasteiger partial charge in [0.25, 0.3) is 5.91 Å². The number of aldehydes is 1. The fourth-order valence-corrected chi connectivity index (χ4v) is 4.28. The maximum Gasteiger partial charge on any atom is 0.263 e. The van der Waals surface area contributed by atoms with Crippen molar-refractivity contribution in [3.63, 3.8) is 0 Å². The number of nitrogens with zero attached hydrogens (tertiary/aromatic N) is 3. The highest BCUT2D eigenvalue weighted by molar-refractivity contribution is 6.34. The number of halogens is 4. The standard InChI is InChI=1S/C24H19Cl2F2N3O2/c1-24(28)12-31(13-24)20-9-15(16-8-14(11-32)6-7-17(16)25)10-29-22(20)30(2)23(33)21-18(26)4-3-5-19(21)27/h3-11H,12-13H2,1-2H3. The summed E-state index contributed by atoms with van der Waals surface area (Å²) in [6.45, 7) is 1.67. The summed E-state index contributed by atoms with van der Waals surface area (Å²) in [4.78, 5) is 31.7. The van der Waals surface area contributed by atoms with Gasteiger partial charge >= 0.3 is 0 Å². The van der Waals surface area contributed by atoms with E-state index in [1.807, 2.05) is 0 Å². The number of carbonyl (C=O) groups excluding carboxylic acids is 2.